The number of nitrogens with one attached hydrogen (secondary N) is 1. The molecule has 1 aromatic carbocycles. The van der Waals surface area contributed by atoms with Crippen LogP contribution in [-0.2, 0) is 15.9 Å². The summed E-state index contributed by atoms with van der Waals surface area (Å²) in [4.78, 5) is 2.41. The molecule has 0 spiro atoms. The number of fused-ring (bicyclic) bond motifs is 1. The smallest absolute Gasteiger partial charge is 0.162 e. The number of hydrogen-bond donors (Lipinski definition) is 1. The van der Waals surface area contributed by atoms with E-state index >= 15 is 0 Å². The van der Waals surface area contributed by atoms with E-state index in [1.165, 1.54) is 6.07 Å². The molecule has 2 aliphatic heterocycles. The Bertz CT molecular complexity index is 578. The maximum absolute atomic E-state index is 13.9. The van der Waals surface area contributed by atoms with Gasteiger partial charge in [0.1, 0.15) is 0 Å². The van der Waals surface area contributed by atoms with Crippen molar-refractivity contribution in [1.82, 2.24) is 10.2 Å². The van der Waals surface area contributed by atoms with Crippen LogP contribution in [0.25, 0.3) is 0 Å². The molecule has 0 aromatic heterocycles. The quantitative estimate of drug-likeness (QED) is 0.917. The van der Waals surface area contributed by atoms with Gasteiger partial charge in [0.25, 0.3) is 0 Å². The highest BCUT2D eigenvalue weighted by molar-refractivity contribution is 5.36. The van der Waals surface area contributed by atoms with Crippen LogP contribution in [0.4, 0.5) is 8.78 Å². The van der Waals surface area contributed by atoms with E-state index in [2.05, 4.69) is 10.2 Å². The Kier molecular flexibility index (Phi) is 4.32. The van der Waals surface area contributed by atoms with Crippen molar-refractivity contribution in [3.8, 4) is 0 Å². The van der Waals surface area contributed by atoms with Crippen molar-refractivity contribution in [2.24, 2.45) is 0 Å². The summed E-state index contributed by atoms with van der Waals surface area (Å²) < 4.78 is 38.4. The van der Waals surface area contributed by atoms with E-state index < -0.39 is 11.6 Å². The number of nitrogens with zero attached hydrogens (tertiary/aromatic N) is 1. The first kappa shape index (κ1) is 15.4. The second kappa shape index (κ2) is 6.43. The standard InChI is InChI=1S/C17H22F2N2O2/c18-13-3-1-11-12(17(13)19)2-4-14(11)20-15-9-23-10-16(15)21-5-7-22-8-6-21/h1,3,14-16,20H,2,4-10H2/t14?,15-,16-/m1/s1. The van der Waals surface area contributed by atoms with Gasteiger partial charge in [0.15, 0.2) is 11.6 Å². The van der Waals surface area contributed by atoms with Crippen molar-refractivity contribution in [2.75, 3.05) is 39.5 Å². The van der Waals surface area contributed by atoms with Gasteiger partial charge in [0, 0.05) is 25.2 Å². The molecule has 0 radical (unpaired) electrons. The van der Waals surface area contributed by atoms with Crippen LogP contribution >= 0.6 is 0 Å². The van der Waals surface area contributed by atoms with Crippen LogP contribution in [0.15, 0.2) is 12.1 Å². The normalized spacial score (nSPS) is 31.5. The lowest BCUT2D eigenvalue weighted by Gasteiger charge is -2.35. The van der Waals surface area contributed by atoms with E-state index in [9.17, 15) is 8.78 Å². The zero-order chi connectivity index (χ0) is 15.8. The van der Waals surface area contributed by atoms with Crippen molar-refractivity contribution in [3.63, 3.8) is 0 Å². The largest absolute Gasteiger partial charge is 0.379 e. The Labute approximate surface area is 134 Å². The van der Waals surface area contributed by atoms with Crippen LogP contribution < -0.4 is 5.32 Å². The third-order valence-corrected chi connectivity index (χ3v) is 5.27. The van der Waals surface area contributed by atoms with Crippen LogP contribution in [-0.4, -0.2) is 56.5 Å². The SMILES string of the molecule is Fc1ccc2c(c1F)CCC2N[C@@H]1COC[C@H]1N1CCOCC1. The molecule has 1 unspecified atom stereocenters. The minimum absolute atomic E-state index is 0.0790. The molecule has 4 nitrogen and oxygen atoms in total. The van der Waals surface area contributed by atoms with Crippen LogP contribution in [0.3, 0.4) is 0 Å². The molecule has 1 N–H and O–H groups in total. The molecule has 0 amide bonds. The van der Waals surface area contributed by atoms with Gasteiger partial charge < -0.3 is 14.8 Å². The van der Waals surface area contributed by atoms with Gasteiger partial charge in [0.2, 0.25) is 0 Å². The molecule has 1 aliphatic carbocycles. The van der Waals surface area contributed by atoms with E-state index in [0.717, 1.165) is 44.9 Å². The Balaban J connectivity index is 1.48. The first-order chi connectivity index (χ1) is 11.2. The monoisotopic (exact) mass is 324 g/mol. The van der Waals surface area contributed by atoms with Crippen LogP contribution in [0.5, 0.6) is 0 Å². The molecule has 2 saturated heterocycles. The summed E-state index contributed by atoms with van der Waals surface area (Å²) in [5.74, 6) is -1.43. The fourth-order valence-corrected chi connectivity index (χ4v) is 4.04. The van der Waals surface area contributed by atoms with Crippen molar-refractivity contribution >= 4 is 0 Å². The molecular weight excluding hydrogens is 302 g/mol. The zero-order valence-corrected chi connectivity index (χ0v) is 13.1. The summed E-state index contributed by atoms with van der Waals surface area (Å²) in [6, 6.07) is 3.58. The second-order valence-electron chi connectivity index (χ2n) is 6.55. The van der Waals surface area contributed by atoms with Crippen LogP contribution in [0.1, 0.15) is 23.6 Å². The van der Waals surface area contributed by atoms with Gasteiger partial charge in [0.05, 0.1) is 32.5 Å². The Hall–Kier alpha value is -1.08. The lowest BCUT2D eigenvalue weighted by Crippen LogP contribution is -2.53. The van der Waals surface area contributed by atoms with Gasteiger partial charge in [-0.25, -0.2) is 8.78 Å². The number of ether oxygens (including phenoxy) is 2. The fourth-order valence-electron chi connectivity index (χ4n) is 4.04. The molecule has 3 atom stereocenters. The molecule has 0 bridgehead atoms. The first-order valence-corrected chi connectivity index (χ1v) is 8.36. The number of morpholine rings is 1. The highest BCUT2D eigenvalue weighted by Gasteiger charge is 2.37. The van der Waals surface area contributed by atoms with Gasteiger partial charge in [-0.1, -0.05) is 6.07 Å². The maximum atomic E-state index is 13.9. The Morgan fingerprint density at radius 1 is 1.09 bits per heavy atom. The van der Waals surface area contributed by atoms with Crippen LogP contribution in [0, 0.1) is 11.6 Å². The minimum Gasteiger partial charge on any atom is -0.379 e. The molecule has 0 saturated carbocycles. The molecule has 3 aliphatic rings. The molecule has 2 heterocycles. The molecule has 126 valence electrons. The lowest BCUT2D eigenvalue weighted by atomic mass is 10.0. The van der Waals surface area contributed by atoms with Gasteiger partial charge >= 0.3 is 0 Å². The predicted octanol–water partition coefficient (Wildman–Crippen LogP) is 1.64. The molecule has 2 fully saturated rings. The third-order valence-electron chi connectivity index (χ3n) is 5.27. The van der Waals surface area contributed by atoms with Gasteiger partial charge in [-0.2, -0.15) is 0 Å². The minimum atomic E-state index is -0.750. The molecule has 6 heteroatoms. The summed E-state index contributed by atoms with van der Waals surface area (Å²) in [6.07, 6.45) is 1.40. The maximum Gasteiger partial charge on any atom is 0.162 e. The van der Waals surface area contributed by atoms with Gasteiger partial charge in [-0.15, -0.1) is 0 Å². The van der Waals surface area contributed by atoms with Crippen molar-refractivity contribution in [2.45, 2.75) is 31.0 Å². The highest BCUT2D eigenvalue weighted by atomic mass is 19.2. The van der Waals surface area contributed by atoms with E-state index in [1.54, 1.807) is 6.07 Å². The topological polar surface area (TPSA) is 33.7 Å². The van der Waals surface area contributed by atoms with E-state index in [4.69, 9.17) is 9.47 Å². The van der Waals surface area contributed by atoms with Crippen molar-refractivity contribution < 1.29 is 18.3 Å². The molecular formula is C17H22F2N2O2. The summed E-state index contributed by atoms with van der Waals surface area (Å²) in [6.45, 7) is 4.76. The average Bonchev–Trinajstić information content (AvgIpc) is 3.20. The Morgan fingerprint density at radius 2 is 1.91 bits per heavy atom. The van der Waals surface area contributed by atoms with Crippen molar-refractivity contribution in [3.05, 3.63) is 34.9 Å². The highest BCUT2D eigenvalue weighted by Crippen LogP contribution is 2.34. The number of halogens is 2. The first-order valence-electron chi connectivity index (χ1n) is 8.36. The predicted molar refractivity (Wildman–Crippen MR) is 81.3 cm³/mol. The molecule has 4 rings (SSSR count). The van der Waals surface area contributed by atoms with Crippen molar-refractivity contribution in [1.29, 1.82) is 0 Å². The molecule has 23 heavy (non-hydrogen) atoms. The van der Waals surface area contributed by atoms with E-state index in [1.807, 2.05) is 0 Å². The number of benzene rings is 1. The molecule has 1 aromatic rings. The summed E-state index contributed by atoms with van der Waals surface area (Å²) in [5, 5.41) is 3.63. The summed E-state index contributed by atoms with van der Waals surface area (Å²) >= 11 is 0. The number of rotatable bonds is 3. The third kappa shape index (κ3) is 2.89. The average molecular weight is 324 g/mol. The summed E-state index contributed by atoms with van der Waals surface area (Å²) in [5.41, 5.74) is 1.43. The zero-order valence-electron chi connectivity index (χ0n) is 13.1. The van der Waals surface area contributed by atoms with E-state index in [0.29, 0.717) is 24.6 Å². The lowest BCUT2D eigenvalue weighted by molar-refractivity contribution is 0.0101. The fraction of sp³-hybridized carbons (Fsp3) is 0.647. The van der Waals surface area contributed by atoms with E-state index in [-0.39, 0.29) is 12.1 Å². The summed E-state index contributed by atoms with van der Waals surface area (Å²) in [7, 11) is 0. The van der Waals surface area contributed by atoms with Crippen LogP contribution in [0.2, 0.25) is 0 Å². The number of hydrogen-bond acceptors (Lipinski definition) is 4. The second-order valence-corrected chi connectivity index (χ2v) is 6.55. The van der Waals surface area contributed by atoms with Gasteiger partial charge in [-0.05, 0) is 30.0 Å². The van der Waals surface area contributed by atoms with Gasteiger partial charge in [-0.3, -0.25) is 4.90 Å². The Morgan fingerprint density at radius 3 is 2.74 bits per heavy atom.